The Bertz CT molecular complexity index is 863. The minimum atomic E-state index is -1.39. The molecule has 122 valence electrons. The topological polar surface area (TPSA) is 64.0 Å². The molecular formula is C17H14ClN3O2S. The normalized spacial score (nSPS) is 11.9. The van der Waals surface area contributed by atoms with Crippen LogP contribution in [0.2, 0.25) is 0 Å². The molecule has 0 fully saturated rings. The van der Waals surface area contributed by atoms with Crippen LogP contribution in [-0.2, 0) is 16.9 Å². The fraction of sp³-hybridized carbons (Fsp3) is 0.0588. The second-order valence-corrected chi connectivity index (χ2v) is 6.61. The van der Waals surface area contributed by atoms with Gasteiger partial charge in [-0.2, -0.15) is 0 Å². The van der Waals surface area contributed by atoms with Gasteiger partial charge >= 0.3 is 0 Å². The fourth-order valence-corrected chi connectivity index (χ4v) is 3.23. The number of carbonyl (C=O) groups excluding carboxylic acids is 1. The molecule has 1 unspecified atom stereocenters. The summed E-state index contributed by atoms with van der Waals surface area (Å²) in [6.45, 7) is 0. The molecule has 2 heterocycles. The van der Waals surface area contributed by atoms with Gasteiger partial charge in [0.05, 0.1) is 10.6 Å². The zero-order valence-electron chi connectivity index (χ0n) is 12.6. The van der Waals surface area contributed by atoms with Crippen LogP contribution in [0.25, 0.3) is 0 Å². The van der Waals surface area contributed by atoms with Crippen molar-refractivity contribution in [2.24, 2.45) is 0 Å². The van der Waals surface area contributed by atoms with Crippen LogP contribution >= 0.6 is 11.6 Å². The molecule has 0 aliphatic heterocycles. The lowest BCUT2D eigenvalue weighted by Crippen LogP contribution is -2.13. The lowest BCUT2D eigenvalue weighted by atomic mass is 10.2. The van der Waals surface area contributed by atoms with E-state index in [9.17, 15) is 9.00 Å². The van der Waals surface area contributed by atoms with Gasteiger partial charge in [0.25, 0.3) is 5.91 Å². The lowest BCUT2D eigenvalue weighted by Gasteiger charge is -2.04. The molecule has 0 saturated carbocycles. The van der Waals surface area contributed by atoms with Crippen LogP contribution < -0.4 is 5.32 Å². The number of carbonyl (C=O) groups is 1. The van der Waals surface area contributed by atoms with Crippen molar-refractivity contribution in [1.82, 2.24) is 8.96 Å². The summed E-state index contributed by atoms with van der Waals surface area (Å²) in [6.07, 6.45) is 4.83. The van der Waals surface area contributed by atoms with Crippen molar-refractivity contribution in [3.63, 3.8) is 0 Å². The Balaban J connectivity index is 1.72. The van der Waals surface area contributed by atoms with E-state index in [0.29, 0.717) is 22.2 Å². The van der Waals surface area contributed by atoms with Gasteiger partial charge in [0.2, 0.25) is 0 Å². The number of hydrogen-bond donors (Lipinski definition) is 1. The first-order chi connectivity index (χ1) is 11.7. The van der Waals surface area contributed by atoms with Gasteiger partial charge in [-0.1, -0.05) is 18.2 Å². The number of hydrogen-bond acceptors (Lipinski definition) is 3. The first-order valence-electron chi connectivity index (χ1n) is 7.15. The standard InChI is InChI=1S/C17H14ClN3O2S/c18-11-13-4-6-15(7-5-13)24(23)21-10-8-14(12-21)20-17(22)16-3-1-2-9-19-16/h1-10,12H,11H2,(H,20,22). The third kappa shape index (κ3) is 3.72. The van der Waals surface area contributed by atoms with Gasteiger partial charge in [-0.05, 0) is 35.9 Å². The van der Waals surface area contributed by atoms with E-state index >= 15 is 0 Å². The molecule has 2 aromatic heterocycles. The molecule has 5 nitrogen and oxygen atoms in total. The number of nitrogens with zero attached hydrogens (tertiary/aromatic N) is 2. The van der Waals surface area contributed by atoms with Gasteiger partial charge < -0.3 is 5.32 Å². The molecule has 7 heteroatoms. The van der Waals surface area contributed by atoms with Crippen molar-refractivity contribution in [2.75, 3.05) is 5.32 Å². The van der Waals surface area contributed by atoms with Gasteiger partial charge in [0.15, 0.2) is 11.0 Å². The molecule has 0 radical (unpaired) electrons. The van der Waals surface area contributed by atoms with Crippen LogP contribution in [0.1, 0.15) is 16.1 Å². The lowest BCUT2D eigenvalue weighted by molar-refractivity contribution is 0.102. The summed E-state index contributed by atoms with van der Waals surface area (Å²) in [7, 11) is -1.39. The first-order valence-corrected chi connectivity index (χ1v) is 8.79. The fourth-order valence-electron chi connectivity index (χ4n) is 2.06. The minimum absolute atomic E-state index is 0.314. The van der Waals surface area contributed by atoms with E-state index < -0.39 is 11.0 Å². The number of amides is 1. The zero-order valence-corrected chi connectivity index (χ0v) is 14.1. The predicted molar refractivity (Wildman–Crippen MR) is 94.4 cm³/mol. The van der Waals surface area contributed by atoms with E-state index in [1.54, 1.807) is 55.0 Å². The summed E-state index contributed by atoms with van der Waals surface area (Å²) in [6, 6.07) is 14.0. The SMILES string of the molecule is O=C(Nc1ccn(S(=O)c2ccc(CCl)cc2)c1)c1ccccn1. The van der Waals surface area contributed by atoms with Gasteiger partial charge in [-0.3, -0.25) is 13.8 Å². The maximum atomic E-state index is 12.5. The van der Waals surface area contributed by atoms with Gasteiger partial charge in [-0.15, -0.1) is 11.6 Å². The zero-order chi connectivity index (χ0) is 16.9. The van der Waals surface area contributed by atoms with Crippen molar-refractivity contribution >= 4 is 34.2 Å². The smallest absolute Gasteiger partial charge is 0.274 e. The monoisotopic (exact) mass is 359 g/mol. The van der Waals surface area contributed by atoms with Crippen LogP contribution in [0.4, 0.5) is 5.69 Å². The summed E-state index contributed by atoms with van der Waals surface area (Å²) in [5.41, 5.74) is 1.84. The molecule has 0 aliphatic carbocycles. The Hall–Kier alpha value is -2.44. The summed E-state index contributed by atoms with van der Waals surface area (Å²) in [5.74, 6) is 0.103. The third-order valence-electron chi connectivity index (χ3n) is 3.29. The molecule has 0 saturated heterocycles. The van der Waals surface area contributed by atoms with Crippen molar-refractivity contribution in [1.29, 1.82) is 0 Å². The second kappa shape index (κ2) is 7.42. The number of aromatic nitrogens is 2. The van der Waals surface area contributed by atoms with Gasteiger partial charge in [0, 0.05) is 24.5 Å². The van der Waals surface area contributed by atoms with Gasteiger partial charge in [0.1, 0.15) is 5.69 Å². The molecule has 0 bridgehead atoms. The first kappa shape index (κ1) is 16.4. The number of alkyl halides is 1. The molecule has 0 spiro atoms. The highest BCUT2D eigenvalue weighted by Gasteiger charge is 2.10. The quantitative estimate of drug-likeness (QED) is 0.710. The molecular weight excluding hydrogens is 346 g/mol. The van der Waals surface area contributed by atoms with Crippen molar-refractivity contribution in [3.8, 4) is 0 Å². The Morgan fingerprint density at radius 1 is 1.17 bits per heavy atom. The summed E-state index contributed by atoms with van der Waals surface area (Å²) in [4.78, 5) is 16.7. The highest BCUT2D eigenvalue weighted by Crippen LogP contribution is 2.16. The number of rotatable bonds is 5. The largest absolute Gasteiger partial charge is 0.319 e. The Morgan fingerprint density at radius 3 is 2.62 bits per heavy atom. The van der Waals surface area contributed by atoms with Crippen LogP contribution in [0.5, 0.6) is 0 Å². The van der Waals surface area contributed by atoms with Gasteiger partial charge in [-0.25, -0.2) is 4.21 Å². The molecule has 1 aromatic carbocycles. The number of nitrogens with one attached hydrogen (secondary N) is 1. The Labute approximate surface area is 146 Å². The van der Waals surface area contributed by atoms with E-state index in [0.717, 1.165) is 5.56 Å². The second-order valence-electron chi connectivity index (χ2n) is 4.96. The van der Waals surface area contributed by atoms with E-state index in [2.05, 4.69) is 10.3 Å². The average Bonchev–Trinajstić information content (AvgIpc) is 3.10. The molecule has 3 rings (SSSR count). The summed E-state index contributed by atoms with van der Waals surface area (Å²) < 4.78 is 14.1. The van der Waals surface area contributed by atoms with Crippen LogP contribution in [0.3, 0.4) is 0 Å². The van der Waals surface area contributed by atoms with Crippen molar-refractivity contribution < 1.29 is 9.00 Å². The molecule has 24 heavy (non-hydrogen) atoms. The molecule has 1 amide bonds. The van der Waals surface area contributed by atoms with Crippen molar-refractivity contribution in [3.05, 3.63) is 78.4 Å². The summed E-state index contributed by atoms with van der Waals surface area (Å²) in [5, 5.41) is 2.73. The maximum Gasteiger partial charge on any atom is 0.274 e. The molecule has 3 aromatic rings. The van der Waals surface area contributed by atoms with E-state index in [1.807, 2.05) is 12.1 Å². The minimum Gasteiger partial charge on any atom is -0.319 e. The van der Waals surface area contributed by atoms with E-state index in [-0.39, 0.29) is 5.91 Å². The highest BCUT2D eigenvalue weighted by atomic mass is 35.5. The van der Waals surface area contributed by atoms with Crippen LogP contribution in [0, 0.1) is 0 Å². The average molecular weight is 360 g/mol. The summed E-state index contributed by atoms with van der Waals surface area (Å²) >= 11 is 5.75. The van der Waals surface area contributed by atoms with E-state index in [4.69, 9.17) is 11.6 Å². The number of anilines is 1. The molecule has 1 atom stereocenters. The Morgan fingerprint density at radius 2 is 1.96 bits per heavy atom. The maximum absolute atomic E-state index is 12.5. The number of halogens is 1. The number of pyridine rings is 1. The predicted octanol–water partition coefficient (Wildman–Crippen LogP) is 3.45. The Kier molecular flexibility index (Phi) is 5.08. The van der Waals surface area contributed by atoms with E-state index in [1.165, 1.54) is 3.97 Å². The van der Waals surface area contributed by atoms with Crippen LogP contribution in [0.15, 0.2) is 72.0 Å². The molecule has 0 aliphatic rings. The molecule has 1 N–H and O–H groups in total. The third-order valence-corrected chi connectivity index (χ3v) is 4.89. The number of benzene rings is 1. The van der Waals surface area contributed by atoms with Crippen LogP contribution in [-0.4, -0.2) is 19.1 Å². The van der Waals surface area contributed by atoms with Crippen molar-refractivity contribution in [2.45, 2.75) is 10.8 Å². The highest BCUT2D eigenvalue weighted by molar-refractivity contribution is 7.83.